The van der Waals surface area contributed by atoms with Crippen LogP contribution in [0.5, 0.6) is 5.88 Å². The first-order valence-electron chi connectivity index (χ1n) is 7.56. The SMILES string of the molecule is CCOc1cc(NCCCn2ccnc2)nc(C2CC2)n1. The molecule has 0 saturated heterocycles. The van der Waals surface area contributed by atoms with Gasteiger partial charge >= 0.3 is 0 Å². The summed E-state index contributed by atoms with van der Waals surface area (Å²) in [5, 5.41) is 3.36. The lowest BCUT2D eigenvalue weighted by Gasteiger charge is -2.10. The number of hydrogen-bond donors (Lipinski definition) is 1. The van der Waals surface area contributed by atoms with Gasteiger partial charge in [0.05, 0.1) is 12.9 Å². The number of imidazole rings is 1. The van der Waals surface area contributed by atoms with E-state index in [9.17, 15) is 0 Å². The molecule has 0 amide bonds. The lowest BCUT2D eigenvalue weighted by atomic mass is 10.3. The van der Waals surface area contributed by atoms with E-state index in [-0.39, 0.29) is 0 Å². The van der Waals surface area contributed by atoms with Gasteiger partial charge < -0.3 is 14.6 Å². The zero-order valence-corrected chi connectivity index (χ0v) is 12.3. The molecule has 3 rings (SSSR count). The molecule has 6 heteroatoms. The summed E-state index contributed by atoms with van der Waals surface area (Å²) in [6, 6.07) is 1.88. The summed E-state index contributed by atoms with van der Waals surface area (Å²) in [6.07, 6.45) is 9.01. The third kappa shape index (κ3) is 3.93. The third-order valence-corrected chi connectivity index (χ3v) is 3.41. The van der Waals surface area contributed by atoms with Gasteiger partial charge in [-0.15, -0.1) is 0 Å². The lowest BCUT2D eigenvalue weighted by molar-refractivity contribution is 0.325. The summed E-state index contributed by atoms with van der Waals surface area (Å²) in [5.41, 5.74) is 0. The van der Waals surface area contributed by atoms with Crippen LogP contribution in [0.2, 0.25) is 0 Å². The van der Waals surface area contributed by atoms with Crippen molar-refractivity contribution >= 4 is 5.82 Å². The van der Waals surface area contributed by atoms with Crippen molar-refractivity contribution < 1.29 is 4.74 Å². The first-order chi connectivity index (χ1) is 10.3. The molecule has 112 valence electrons. The normalized spacial score (nSPS) is 14.1. The van der Waals surface area contributed by atoms with Gasteiger partial charge in [0.15, 0.2) is 0 Å². The minimum Gasteiger partial charge on any atom is -0.478 e. The van der Waals surface area contributed by atoms with Crippen LogP contribution in [-0.4, -0.2) is 32.7 Å². The van der Waals surface area contributed by atoms with Crippen molar-refractivity contribution in [2.45, 2.75) is 38.6 Å². The summed E-state index contributed by atoms with van der Waals surface area (Å²) in [7, 11) is 0. The van der Waals surface area contributed by atoms with Crippen molar-refractivity contribution in [3.05, 3.63) is 30.6 Å². The molecule has 1 aliphatic carbocycles. The molecular formula is C15H21N5O. The first-order valence-corrected chi connectivity index (χ1v) is 7.56. The van der Waals surface area contributed by atoms with Crippen molar-refractivity contribution in [2.24, 2.45) is 0 Å². The molecule has 0 atom stereocenters. The number of nitrogens with one attached hydrogen (secondary N) is 1. The number of ether oxygens (including phenoxy) is 1. The Morgan fingerprint density at radius 1 is 1.38 bits per heavy atom. The Morgan fingerprint density at radius 3 is 3.00 bits per heavy atom. The van der Waals surface area contributed by atoms with Crippen LogP contribution >= 0.6 is 0 Å². The standard InChI is InChI=1S/C15H21N5O/c1-2-21-14-10-13(18-15(19-14)12-4-5-12)17-6-3-8-20-9-7-16-11-20/h7,9-12H,2-6,8H2,1H3,(H,17,18,19). The Bertz CT molecular complexity index is 565. The van der Waals surface area contributed by atoms with E-state index in [1.165, 1.54) is 12.8 Å². The Morgan fingerprint density at radius 2 is 2.29 bits per heavy atom. The zero-order chi connectivity index (χ0) is 14.5. The van der Waals surface area contributed by atoms with E-state index in [0.29, 0.717) is 18.4 Å². The maximum absolute atomic E-state index is 5.53. The van der Waals surface area contributed by atoms with E-state index in [0.717, 1.165) is 31.2 Å². The Balaban J connectivity index is 1.55. The highest BCUT2D eigenvalue weighted by Gasteiger charge is 2.27. The van der Waals surface area contributed by atoms with Crippen LogP contribution in [0.15, 0.2) is 24.8 Å². The minimum atomic E-state index is 0.525. The number of hydrogen-bond acceptors (Lipinski definition) is 5. The second kappa shape index (κ2) is 6.56. The number of anilines is 1. The van der Waals surface area contributed by atoms with Gasteiger partial charge in [0.2, 0.25) is 5.88 Å². The average molecular weight is 287 g/mol. The fraction of sp³-hybridized carbons (Fsp3) is 0.533. The molecular weight excluding hydrogens is 266 g/mol. The molecule has 1 aliphatic rings. The van der Waals surface area contributed by atoms with Gasteiger partial charge in [-0.25, -0.2) is 9.97 Å². The van der Waals surface area contributed by atoms with Crippen LogP contribution in [0.25, 0.3) is 0 Å². The van der Waals surface area contributed by atoms with Crippen LogP contribution in [0.4, 0.5) is 5.82 Å². The number of aromatic nitrogens is 4. The molecule has 0 radical (unpaired) electrons. The van der Waals surface area contributed by atoms with E-state index in [2.05, 4.69) is 24.8 Å². The van der Waals surface area contributed by atoms with E-state index in [1.54, 1.807) is 6.20 Å². The van der Waals surface area contributed by atoms with Crippen molar-refractivity contribution in [1.29, 1.82) is 0 Å². The van der Waals surface area contributed by atoms with Gasteiger partial charge in [0.25, 0.3) is 0 Å². The molecule has 0 spiro atoms. The second-order valence-electron chi connectivity index (χ2n) is 5.24. The Hall–Kier alpha value is -2.11. The van der Waals surface area contributed by atoms with E-state index < -0.39 is 0 Å². The average Bonchev–Trinajstić information content (AvgIpc) is 3.21. The molecule has 6 nitrogen and oxygen atoms in total. The predicted octanol–water partition coefficient (Wildman–Crippen LogP) is 2.45. The number of nitrogens with zero attached hydrogens (tertiary/aromatic N) is 4. The number of aryl methyl sites for hydroxylation is 1. The van der Waals surface area contributed by atoms with Crippen LogP contribution in [-0.2, 0) is 6.54 Å². The summed E-state index contributed by atoms with van der Waals surface area (Å²) in [6.45, 7) is 4.41. The van der Waals surface area contributed by atoms with E-state index in [4.69, 9.17) is 4.74 Å². The number of rotatable bonds is 8. The summed E-state index contributed by atoms with van der Waals surface area (Å²) in [4.78, 5) is 13.1. The Kier molecular flexibility index (Phi) is 4.33. The van der Waals surface area contributed by atoms with Gasteiger partial charge in [-0.3, -0.25) is 0 Å². The van der Waals surface area contributed by atoms with Crippen LogP contribution < -0.4 is 10.1 Å². The molecule has 0 aliphatic heterocycles. The van der Waals surface area contributed by atoms with Gasteiger partial charge in [0, 0.05) is 37.5 Å². The van der Waals surface area contributed by atoms with Gasteiger partial charge in [-0.05, 0) is 26.2 Å². The van der Waals surface area contributed by atoms with E-state index >= 15 is 0 Å². The molecule has 21 heavy (non-hydrogen) atoms. The maximum atomic E-state index is 5.53. The molecule has 0 aromatic carbocycles. The summed E-state index contributed by atoms with van der Waals surface area (Å²) in [5.74, 6) is 2.97. The highest BCUT2D eigenvalue weighted by atomic mass is 16.5. The topological polar surface area (TPSA) is 64.9 Å². The molecule has 2 aromatic heterocycles. The molecule has 1 saturated carbocycles. The van der Waals surface area contributed by atoms with Crippen molar-refractivity contribution in [3.8, 4) is 5.88 Å². The molecule has 0 unspecified atom stereocenters. The van der Waals surface area contributed by atoms with Crippen LogP contribution in [0, 0.1) is 0 Å². The monoisotopic (exact) mass is 287 g/mol. The van der Waals surface area contributed by atoms with E-state index in [1.807, 2.05) is 25.5 Å². The van der Waals surface area contributed by atoms with Gasteiger partial charge in [0.1, 0.15) is 11.6 Å². The van der Waals surface area contributed by atoms with Crippen LogP contribution in [0.1, 0.15) is 37.9 Å². The quantitative estimate of drug-likeness (QED) is 0.755. The first kappa shape index (κ1) is 13.9. The van der Waals surface area contributed by atoms with Gasteiger partial charge in [-0.2, -0.15) is 4.98 Å². The molecule has 2 heterocycles. The summed E-state index contributed by atoms with van der Waals surface area (Å²) >= 11 is 0. The largest absolute Gasteiger partial charge is 0.478 e. The highest BCUT2D eigenvalue weighted by Crippen LogP contribution is 2.39. The maximum Gasteiger partial charge on any atom is 0.218 e. The molecule has 1 N–H and O–H groups in total. The van der Waals surface area contributed by atoms with Crippen molar-refractivity contribution in [2.75, 3.05) is 18.5 Å². The van der Waals surface area contributed by atoms with Crippen molar-refractivity contribution in [3.63, 3.8) is 0 Å². The van der Waals surface area contributed by atoms with Crippen molar-refractivity contribution in [1.82, 2.24) is 19.5 Å². The predicted molar refractivity (Wildman–Crippen MR) is 80.5 cm³/mol. The summed E-state index contributed by atoms with van der Waals surface area (Å²) < 4.78 is 7.60. The highest BCUT2D eigenvalue weighted by molar-refractivity contribution is 5.39. The van der Waals surface area contributed by atoms with Crippen LogP contribution in [0.3, 0.4) is 0 Å². The third-order valence-electron chi connectivity index (χ3n) is 3.41. The fourth-order valence-corrected chi connectivity index (χ4v) is 2.18. The fourth-order valence-electron chi connectivity index (χ4n) is 2.18. The molecule has 1 fully saturated rings. The molecule has 2 aromatic rings. The van der Waals surface area contributed by atoms with Gasteiger partial charge in [-0.1, -0.05) is 0 Å². The molecule has 0 bridgehead atoms. The minimum absolute atomic E-state index is 0.525. The second-order valence-corrected chi connectivity index (χ2v) is 5.24. The zero-order valence-electron chi connectivity index (χ0n) is 12.3. The Labute approximate surface area is 124 Å². The lowest BCUT2D eigenvalue weighted by Crippen LogP contribution is -2.09. The smallest absolute Gasteiger partial charge is 0.218 e.